The van der Waals surface area contributed by atoms with Crippen molar-refractivity contribution in [3.05, 3.63) is 18.2 Å². The fourth-order valence-electron chi connectivity index (χ4n) is 2.51. The van der Waals surface area contributed by atoms with Crippen molar-refractivity contribution >= 4 is 0 Å². The van der Waals surface area contributed by atoms with E-state index in [1.54, 1.807) is 0 Å². The zero-order valence-electron chi connectivity index (χ0n) is 11.8. The fourth-order valence-corrected chi connectivity index (χ4v) is 2.51. The Labute approximate surface area is 110 Å². The molecule has 0 radical (unpaired) electrons. The maximum absolute atomic E-state index is 5.63. The number of rotatable bonds is 6. The van der Waals surface area contributed by atoms with Crippen LogP contribution < -0.4 is 5.32 Å². The molecule has 1 fully saturated rings. The number of aromatic nitrogens is 2. The number of nitrogens with one attached hydrogen (secondary N) is 1. The molecule has 2 heterocycles. The molecule has 1 unspecified atom stereocenters. The standard InChI is InChI=1S/C14H25N3O/c1-12(2)16-10-14(6-9-18-11-14)5-4-13-15-7-8-17(13)3/h7-8,12,16H,4-6,9-11H2,1-3H3. The summed E-state index contributed by atoms with van der Waals surface area (Å²) in [6.07, 6.45) is 7.24. The summed E-state index contributed by atoms with van der Waals surface area (Å²) in [5, 5.41) is 3.57. The van der Waals surface area contributed by atoms with Crippen LogP contribution in [0.3, 0.4) is 0 Å². The van der Waals surface area contributed by atoms with Gasteiger partial charge in [-0.15, -0.1) is 0 Å². The van der Waals surface area contributed by atoms with Crippen molar-refractivity contribution in [1.29, 1.82) is 0 Å². The molecule has 102 valence electrons. The molecule has 1 atom stereocenters. The molecule has 0 amide bonds. The Balaban J connectivity index is 1.92. The average Bonchev–Trinajstić information content (AvgIpc) is 2.94. The van der Waals surface area contributed by atoms with E-state index < -0.39 is 0 Å². The second-order valence-corrected chi connectivity index (χ2v) is 5.79. The SMILES string of the molecule is CC(C)NCC1(CCc2nccn2C)CCOC1. The van der Waals surface area contributed by atoms with Crippen molar-refractivity contribution < 1.29 is 4.74 Å². The summed E-state index contributed by atoms with van der Waals surface area (Å²) in [6, 6.07) is 0.538. The van der Waals surface area contributed by atoms with Crippen LogP contribution in [0.25, 0.3) is 0 Å². The first-order chi connectivity index (χ1) is 8.61. The highest BCUT2D eigenvalue weighted by Crippen LogP contribution is 2.33. The summed E-state index contributed by atoms with van der Waals surface area (Å²) >= 11 is 0. The van der Waals surface area contributed by atoms with E-state index in [2.05, 4.69) is 35.8 Å². The minimum atomic E-state index is 0.302. The molecule has 0 aliphatic carbocycles. The molecular formula is C14H25N3O. The Hall–Kier alpha value is -0.870. The third-order valence-electron chi connectivity index (χ3n) is 3.87. The molecule has 0 saturated carbocycles. The highest BCUT2D eigenvalue weighted by Gasteiger charge is 2.34. The van der Waals surface area contributed by atoms with Crippen LogP contribution in [0.5, 0.6) is 0 Å². The van der Waals surface area contributed by atoms with Gasteiger partial charge in [0.15, 0.2) is 0 Å². The van der Waals surface area contributed by atoms with E-state index in [0.29, 0.717) is 11.5 Å². The zero-order valence-corrected chi connectivity index (χ0v) is 11.8. The predicted molar refractivity (Wildman–Crippen MR) is 72.5 cm³/mol. The van der Waals surface area contributed by atoms with Gasteiger partial charge in [-0.2, -0.15) is 0 Å². The third kappa shape index (κ3) is 3.33. The van der Waals surface area contributed by atoms with E-state index in [9.17, 15) is 0 Å². The molecule has 0 bridgehead atoms. The highest BCUT2D eigenvalue weighted by atomic mass is 16.5. The topological polar surface area (TPSA) is 39.1 Å². The Kier molecular flexibility index (Phi) is 4.40. The second kappa shape index (κ2) is 5.85. The number of hydrogen-bond donors (Lipinski definition) is 1. The molecular weight excluding hydrogens is 226 g/mol. The predicted octanol–water partition coefficient (Wildman–Crippen LogP) is 1.76. The lowest BCUT2D eigenvalue weighted by molar-refractivity contribution is 0.142. The Morgan fingerprint density at radius 2 is 2.39 bits per heavy atom. The van der Waals surface area contributed by atoms with Crippen LogP contribution >= 0.6 is 0 Å². The Morgan fingerprint density at radius 3 is 2.94 bits per heavy atom. The van der Waals surface area contributed by atoms with Gasteiger partial charge in [-0.25, -0.2) is 4.98 Å². The van der Waals surface area contributed by atoms with Crippen molar-refractivity contribution in [2.24, 2.45) is 12.5 Å². The molecule has 18 heavy (non-hydrogen) atoms. The summed E-state index contributed by atoms with van der Waals surface area (Å²) in [4.78, 5) is 4.40. The number of ether oxygens (including phenoxy) is 1. The largest absolute Gasteiger partial charge is 0.381 e. The minimum absolute atomic E-state index is 0.302. The average molecular weight is 251 g/mol. The van der Waals surface area contributed by atoms with E-state index in [0.717, 1.165) is 39.0 Å². The molecule has 4 nitrogen and oxygen atoms in total. The highest BCUT2D eigenvalue weighted by molar-refractivity contribution is 4.95. The maximum Gasteiger partial charge on any atom is 0.108 e. The van der Waals surface area contributed by atoms with Crippen LogP contribution in [0, 0.1) is 5.41 Å². The van der Waals surface area contributed by atoms with Gasteiger partial charge in [0, 0.05) is 50.5 Å². The van der Waals surface area contributed by atoms with Crippen molar-refractivity contribution in [2.75, 3.05) is 19.8 Å². The molecule has 4 heteroatoms. The van der Waals surface area contributed by atoms with Gasteiger partial charge in [-0.05, 0) is 12.8 Å². The smallest absolute Gasteiger partial charge is 0.108 e. The van der Waals surface area contributed by atoms with Gasteiger partial charge in [0.25, 0.3) is 0 Å². The molecule has 0 aromatic carbocycles. The van der Waals surface area contributed by atoms with Crippen molar-refractivity contribution in [1.82, 2.24) is 14.9 Å². The van der Waals surface area contributed by atoms with Crippen LogP contribution in [0.2, 0.25) is 0 Å². The molecule has 2 rings (SSSR count). The van der Waals surface area contributed by atoms with Crippen LogP contribution in [0.4, 0.5) is 0 Å². The summed E-state index contributed by atoms with van der Waals surface area (Å²) in [5.74, 6) is 1.17. The van der Waals surface area contributed by atoms with Gasteiger partial charge in [0.05, 0.1) is 6.61 Å². The first kappa shape index (κ1) is 13.6. The van der Waals surface area contributed by atoms with Crippen LogP contribution in [-0.2, 0) is 18.2 Å². The minimum Gasteiger partial charge on any atom is -0.381 e. The van der Waals surface area contributed by atoms with Crippen LogP contribution in [-0.4, -0.2) is 35.4 Å². The third-order valence-corrected chi connectivity index (χ3v) is 3.87. The molecule has 1 aliphatic heterocycles. The summed E-state index contributed by atoms with van der Waals surface area (Å²) in [6.45, 7) is 7.23. The molecule has 1 aliphatic rings. The van der Waals surface area contributed by atoms with Crippen molar-refractivity contribution in [2.45, 2.75) is 39.2 Å². The monoisotopic (exact) mass is 251 g/mol. The summed E-state index contributed by atoms with van der Waals surface area (Å²) in [5.41, 5.74) is 0.302. The lowest BCUT2D eigenvalue weighted by atomic mass is 9.82. The van der Waals surface area contributed by atoms with E-state index in [4.69, 9.17) is 4.74 Å². The molecule has 1 saturated heterocycles. The first-order valence-corrected chi connectivity index (χ1v) is 6.89. The van der Waals surface area contributed by atoms with E-state index in [1.807, 2.05) is 12.4 Å². The first-order valence-electron chi connectivity index (χ1n) is 6.89. The Morgan fingerprint density at radius 1 is 1.56 bits per heavy atom. The number of hydrogen-bond acceptors (Lipinski definition) is 3. The lowest BCUT2D eigenvalue weighted by Crippen LogP contribution is -2.38. The quantitative estimate of drug-likeness (QED) is 0.837. The number of nitrogens with zero attached hydrogens (tertiary/aromatic N) is 2. The molecule has 1 aromatic rings. The van der Waals surface area contributed by atoms with Gasteiger partial charge >= 0.3 is 0 Å². The van der Waals surface area contributed by atoms with Crippen molar-refractivity contribution in [3.63, 3.8) is 0 Å². The number of imidazole rings is 1. The maximum atomic E-state index is 5.63. The summed E-state index contributed by atoms with van der Waals surface area (Å²) < 4.78 is 7.74. The second-order valence-electron chi connectivity index (χ2n) is 5.79. The van der Waals surface area contributed by atoms with E-state index in [-0.39, 0.29) is 0 Å². The molecule has 1 aromatic heterocycles. The van der Waals surface area contributed by atoms with Gasteiger partial charge in [-0.1, -0.05) is 13.8 Å². The lowest BCUT2D eigenvalue weighted by Gasteiger charge is -2.28. The van der Waals surface area contributed by atoms with Gasteiger partial charge in [0.1, 0.15) is 5.82 Å². The van der Waals surface area contributed by atoms with Gasteiger partial charge in [-0.3, -0.25) is 0 Å². The Bertz CT molecular complexity index is 367. The van der Waals surface area contributed by atoms with E-state index >= 15 is 0 Å². The molecule has 0 spiro atoms. The van der Waals surface area contributed by atoms with Crippen LogP contribution in [0.15, 0.2) is 12.4 Å². The molecule has 1 N–H and O–H groups in total. The van der Waals surface area contributed by atoms with Gasteiger partial charge < -0.3 is 14.6 Å². The fraction of sp³-hybridized carbons (Fsp3) is 0.786. The zero-order chi connectivity index (χ0) is 13.0. The number of aryl methyl sites for hydroxylation is 2. The van der Waals surface area contributed by atoms with E-state index in [1.165, 1.54) is 5.82 Å². The summed E-state index contributed by atoms with van der Waals surface area (Å²) in [7, 11) is 2.06. The van der Waals surface area contributed by atoms with Gasteiger partial charge in [0.2, 0.25) is 0 Å². The normalized spacial score (nSPS) is 24.0. The van der Waals surface area contributed by atoms with Crippen molar-refractivity contribution in [3.8, 4) is 0 Å². The van der Waals surface area contributed by atoms with Crippen LogP contribution in [0.1, 0.15) is 32.5 Å².